The molecule has 1 aromatic heterocycles. The van der Waals surface area contributed by atoms with Gasteiger partial charge in [-0.2, -0.15) is 0 Å². The van der Waals surface area contributed by atoms with Crippen molar-refractivity contribution in [1.82, 2.24) is 4.98 Å². The van der Waals surface area contributed by atoms with E-state index in [0.29, 0.717) is 0 Å². The second-order valence-corrected chi connectivity index (χ2v) is 3.94. The number of ether oxygens (including phenoxy) is 1. The molecule has 1 unspecified atom stereocenters. The fourth-order valence-corrected chi connectivity index (χ4v) is 1.73. The van der Waals surface area contributed by atoms with Crippen molar-refractivity contribution in [2.24, 2.45) is 5.73 Å². The number of carbonyl (C=O) groups is 1. The number of pyridine rings is 1. The van der Waals surface area contributed by atoms with Crippen molar-refractivity contribution in [2.45, 2.75) is 13.0 Å². The lowest BCUT2D eigenvalue weighted by Gasteiger charge is -2.12. The fraction of sp³-hybridized carbons (Fsp3) is 0.143. The summed E-state index contributed by atoms with van der Waals surface area (Å²) in [5, 5.41) is 0. The molecule has 0 fully saturated rings. The quantitative estimate of drug-likeness (QED) is 0.899. The topological polar surface area (TPSA) is 65.2 Å². The number of carbonyl (C=O) groups excluding carboxylic acids is 1. The van der Waals surface area contributed by atoms with Gasteiger partial charge < -0.3 is 10.5 Å². The standard InChI is InChI=1S/C14H14N2O2/c1-10(18-14(15)17)11-2-4-12(5-3-11)13-6-8-16-9-7-13/h2-10H,1H3,(H2,15,17). The number of nitrogens with two attached hydrogens (primary N) is 1. The number of benzene rings is 1. The van der Waals surface area contributed by atoms with Gasteiger partial charge in [-0.3, -0.25) is 4.98 Å². The summed E-state index contributed by atoms with van der Waals surface area (Å²) in [5.74, 6) is 0. The van der Waals surface area contributed by atoms with Crippen molar-refractivity contribution in [1.29, 1.82) is 0 Å². The van der Waals surface area contributed by atoms with Crippen LogP contribution in [0.15, 0.2) is 48.8 Å². The second-order valence-electron chi connectivity index (χ2n) is 3.94. The Morgan fingerprint density at radius 2 is 1.67 bits per heavy atom. The van der Waals surface area contributed by atoms with Crippen molar-refractivity contribution in [3.8, 4) is 11.1 Å². The van der Waals surface area contributed by atoms with E-state index < -0.39 is 6.09 Å². The van der Waals surface area contributed by atoms with Gasteiger partial charge in [0.25, 0.3) is 0 Å². The van der Waals surface area contributed by atoms with E-state index in [4.69, 9.17) is 10.5 Å². The molecule has 1 amide bonds. The molecule has 0 spiro atoms. The number of primary amides is 1. The molecule has 2 N–H and O–H groups in total. The summed E-state index contributed by atoms with van der Waals surface area (Å²) in [5.41, 5.74) is 8.08. The summed E-state index contributed by atoms with van der Waals surface area (Å²) in [6.45, 7) is 1.78. The lowest BCUT2D eigenvalue weighted by Crippen LogP contribution is -2.15. The van der Waals surface area contributed by atoms with Crippen LogP contribution in [-0.4, -0.2) is 11.1 Å². The van der Waals surface area contributed by atoms with Crippen LogP contribution < -0.4 is 5.73 Å². The Bertz CT molecular complexity index is 523. The summed E-state index contributed by atoms with van der Waals surface area (Å²) in [7, 11) is 0. The molecule has 0 saturated carbocycles. The van der Waals surface area contributed by atoms with Gasteiger partial charge in [-0.1, -0.05) is 24.3 Å². The highest BCUT2D eigenvalue weighted by Crippen LogP contribution is 2.22. The molecule has 0 aliphatic carbocycles. The molecule has 0 aliphatic heterocycles. The Labute approximate surface area is 105 Å². The number of hydrogen-bond acceptors (Lipinski definition) is 3. The van der Waals surface area contributed by atoms with E-state index in [1.165, 1.54) is 0 Å². The summed E-state index contributed by atoms with van der Waals surface area (Å²) >= 11 is 0. The SMILES string of the molecule is CC(OC(N)=O)c1ccc(-c2ccncc2)cc1. The van der Waals surface area contributed by atoms with Crippen LogP contribution in [0.4, 0.5) is 4.79 Å². The van der Waals surface area contributed by atoms with Crippen molar-refractivity contribution >= 4 is 6.09 Å². The summed E-state index contributed by atoms with van der Waals surface area (Å²) < 4.78 is 4.91. The summed E-state index contributed by atoms with van der Waals surface area (Å²) in [6.07, 6.45) is 2.40. The van der Waals surface area contributed by atoms with Crippen LogP contribution >= 0.6 is 0 Å². The highest BCUT2D eigenvalue weighted by atomic mass is 16.6. The molecule has 4 nitrogen and oxygen atoms in total. The molecular weight excluding hydrogens is 228 g/mol. The highest BCUT2D eigenvalue weighted by molar-refractivity contribution is 5.65. The van der Waals surface area contributed by atoms with Crippen LogP contribution in [0.5, 0.6) is 0 Å². The lowest BCUT2D eigenvalue weighted by molar-refractivity contribution is 0.116. The number of nitrogens with zero attached hydrogens (tertiary/aromatic N) is 1. The van der Waals surface area contributed by atoms with E-state index in [-0.39, 0.29) is 6.10 Å². The van der Waals surface area contributed by atoms with Gasteiger partial charge in [-0.25, -0.2) is 4.79 Å². The first-order chi connectivity index (χ1) is 8.66. The van der Waals surface area contributed by atoms with Gasteiger partial charge in [-0.05, 0) is 35.7 Å². The largest absolute Gasteiger partial charge is 0.442 e. The van der Waals surface area contributed by atoms with Crippen LogP contribution in [-0.2, 0) is 4.74 Å². The molecule has 1 aromatic carbocycles. The van der Waals surface area contributed by atoms with Crippen LogP contribution in [0.2, 0.25) is 0 Å². The molecule has 2 rings (SSSR count). The number of amides is 1. The number of hydrogen-bond donors (Lipinski definition) is 1. The molecule has 1 heterocycles. The first-order valence-electron chi connectivity index (χ1n) is 5.63. The summed E-state index contributed by atoms with van der Waals surface area (Å²) in [6, 6.07) is 11.7. The molecule has 1 atom stereocenters. The molecule has 0 aliphatic rings. The number of aromatic nitrogens is 1. The van der Waals surface area contributed by atoms with Gasteiger partial charge in [0.1, 0.15) is 6.10 Å². The van der Waals surface area contributed by atoms with E-state index >= 15 is 0 Å². The van der Waals surface area contributed by atoms with E-state index in [1.807, 2.05) is 36.4 Å². The zero-order chi connectivity index (χ0) is 13.0. The third kappa shape index (κ3) is 2.85. The van der Waals surface area contributed by atoms with Crippen molar-refractivity contribution in [3.63, 3.8) is 0 Å². The average molecular weight is 242 g/mol. The van der Waals surface area contributed by atoms with Crippen LogP contribution in [0, 0.1) is 0 Å². The molecule has 2 aromatic rings. The third-order valence-electron chi connectivity index (χ3n) is 2.69. The Hall–Kier alpha value is -2.36. The first-order valence-corrected chi connectivity index (χ1v) is 5.63. The Morgan fingerprint density at radius 1 is 1.11 bits per heavy atom. The molecule has 0 bridgehead atoms. The smallest absolute Gasteiger partial charge is 0.405 e. The third-order valence-corrected chi connectivity index (χ3v) is 2.69. The van der Waals surface area contributed by atoms with Crippen LogP contribution in [0.1, 0.15) is 18.6 Å². The van der Waals surface area contributed by atoms with Gasteiger partial charge in [0.15, 0.2) is 0 Å². The molecule has 0 saturated heterocycles. The highest BCUT2D eigenvalue weighted by Gasteiger charge is 2.08. The molecule has 18 heavy (non-hydrogen) atoms. The van der Waals surface area contributed by atoms with Gasteiger partial charge in [-0.15, -0.1) is 0 Å². The average Bonchev–Trinajstić information content (AvgIpc) is 2.39. The Kier molecular flexibility index (Phi) is 3.57. The molecular formula is C14H14N2O2. The maximum atomic E-state index is 10.7. The minimum atomic E-state index is -0.763. The monoisotopic (exact) mass is 242 g/mol. The van der Waals surface area contributed by atoms with Gasteiger partial charge in [0.2, 0.25) is 0 Å². The fourth-order valence-electron chi connectivity index (χ4n) is 1.73. The Balaban J connectivity index is 2.18. The maximum Gasteiger partial charge on any atom is 0.405 e. The van der Waals surface area contributed by atoms with E-state index in [9.17, 15) is 4.79 Å². The van der Waals surface area contributed by atoms with E-state index in [0.717, 1.165) is 16.7 Å². The second kappa shape index (κ2) is 5.31. The minimum Gasteiger partial charge on any atom is -0.442 e. The van der Waals surface area contributed by atoms with Crippen LogP contribution in [0.3, 0.4) is 0 Å². The molecule has 0 radical (unpaired) electrons. The van der Waals surface area contributed by atoms with Gasteiger partial charge in [0, 0.05) is 12.4 Å². The van der Waals surface area contributed by atoms with E-state index in [1.54, 1.807) is 19.3 Å². The zero-order valence-corrected chi connectivity index (χ0v) is 10.0. The van der Waals surface area contributed by atoms with Gasteiger partial charge in [0.05, 0.1) is 0 Å². The number of rotatable bonds is 3. The van der Waals surface area contributed by atoms with Crippen molar-refractivity contribution in [2.75, 3.05) is 0 Å². The first kappa shape index (κ1) is 12.1. The molecule has 4 heteroatoms. The normalized spacial score (nSPS) is 11.8. The Morgan fingerprint density at radius 3 is 2.22 bits per heavy atom. The predicted molar refractivity (Wildman–Crippen MR) is 68.8 cm³/mol. The van der Waals surface area contributed by atoms with Crippen LogP contribution in [0.25, 0.3) is 11.1 Å². The van der Waals surface area contributed by atoms with E-state index in [2.05, 4.69) is 4.98 Å². The summed E-state index contributed by atoms with van der Waals surface area (Å²) in [4.78, 5) is 14.6. The van der Waals surface area contributed by atoms with Crippen molar-refractivity contribution < 1.29 is 9.53 Å². The predicted octanol–water partition coefficient (Wildman–Crippen LogP) is 2.90. The lowest BCUT2D eigenvalue weighted by atomic mass is 10.0. The maximum absolute atomic E-state index is 10.7. The van der Waals surface area contributed by atoms with Gasteiger partial charge >= 0.3 is 6.09 Å². The minimum absolute atomic E-state index is 0.339. The zero-order valence-electron chi connectivity index (χ0n) is 10.0. The molecule has 92 valence electrons. The van der Waals surface area contributed by atoms with Crippen molar-refractivity contribution in [3.05, 3.63) is 54.4 Å².